The number of piperidine rings is 1. The number of hydrogen-bond acceptors (Lipinski definition) is 3. The summed E-state index contributed by atoms with van der Waals surface area (Å²) in [6, 6.07) is 0.526. The van der Waals surface area contributed by atoms with Gasteiger partial charge in [-0.25, -0.2) is 0 Å². The van der Waals surface area contributed by atoms with E-state index >= 15 is 0 Å². The van der Waals surface area contributed by atoms with Gasteiger partial charge < -0.3 is 5.32 Å². The van der Waals surface area contributed by atoms with Crippen LogP contribution in [0.5, 0.6) is 0 Å². The van der Waals surface area contributed by atoms with Gasteiger partial charge in [-0.1, -0.05) is 6.92 Å². The third-order valence-electron chi connectivity index (χ3n) is 4.16. The second-order valence-corrected chi connectivity index (χ2v) is 5.66. The van der Waals surface area contributed by atoms with Crippen molar-refractivity contribution >= 4 is 0 Å². The van der Waals surface area contributed by atoms with Gasteiger partial charge in [0.05, 0.1) is 6.20 Å². The molecule has 1 aromatic rings. The maximum absolute atomic E-state index is 4.44. The Hall–Kier alpha value is -0.870. The molecule has 1 aliphatic heterocycles. The quantitative estimate of drug-likeness (QED) is 0.800. The second kappa shape index (κ2) is 7.06. The van der Waals surface area contributed by atoms with E-state index in [1.807, 2.05) is 4.68 Å². The van der Waals surface area contributed by atoms with E-state index < -0.39 is 0 Å². The topological polar surface area (TPSA) is 33.1 Å². The van der Waals surface area contributed by atoms with Crippen molar-refractivity contribution in [1.29, 1.82) is 0 Å². The van der Waals surface area contributed by atoms with Crippen LogP contribution in [0, 0.1) is 5.92 Å². The van der Waals surface area contributed by atoms with Gasteiger partial charge in [0.15, 0.2) is 0 Å². The Morgan fingerprint density at radius 2 is 2.26 bits per heavy atom. The number of likely N-dealkylation sites (tertiary alicyclic amines) is 1. The Bertz CT molecular complexity index is 374. The molecular formula is C15H28N4. The van der Waals surface area contributed by atoms with Crippen LogP contribution >= 0.6 is 0 Å². The first-order chi connectivity index (χ1) is 9.26. The minimum atomic E-state index is 0.526. The summed E-state index contributed by atoms with van der Waals surface area (Å²) >= 11 is 0. The highest BCUT2D eigenvalue weighted by Crippen LogP contribution is 2.34. The average Bonchev–Trinajstić information content (AvgIpc) is 2.87. The zero-order valence-corrected chi connectivity index (χ0v) is 12.6. The second-order valence-electron chi connectivity index (χ2n) is 5.66. The van der Waals surface area contributed by atoms with Crippen LogP contribution in [0.4, 0.5) is 0 Å². The first-order valence-corrected chi connectivity index (χ1v) is 7.69. The first-order valence-electron chi connectivity index (χ1n) is 7.69. The molecule has 2 rings (SSSR count). The lowest BCUT2D eigenvalue weighted by Crippen LogP contribution is -2.40. The molecule has 2 heterocycles. The molecule has 0 spiro atoms. The highest BCUT2D eigenvalue weighted by molar-refractivity contribution is 5.13. The Kier molecular flexibility index (Phi) is 5.40. The lowest BCUT2D eigenvalue weighted by Gasteiger charge is -2.39. The van der Waals surface area contributed by atoms with Crippen LogP contribution < -0.4 is 5.32 Å². The van der Waals surface area contributed by atoms with E-state index in [1.165, 1.54) is 31.4 Å². The summed E-state index contributed by atoms with van der Waals surface area (Å²) in [7, 11) is 2.25. The van der Waals surface area contributed by atoms with Crippen molar-refractivity contribution < 1.29 is 0 Å². The molecule has 2 atom stereocenters. The molecule has 0 amide bonds. The molecule has 1 aromatic heterocycles. The summed E-state index contributed by atoms with van der Waals surface area (Å²) in [6.07, 6.45) is 8.12. The Labute approximate surface area is 117 Å². The zero-order valence-electron chi connectivity index (χ0n) is 12.6. The van der Waals surface area contributed by atoms with E-state index in [-0.39, 0.29) is 0 Å². The monoisotopic (exact) mass is 264 g/mol. The number of hydrogen-bond donors (Lipinski definition) is 1. The molecule has 0 aliphatic carbocycles. The fraction of sp³-hybridized carbons (Fsp3) is 0.800. The van der Waals surface area contributed by atoms with Gasteiger partial charge in [0.1, 0.15) is 0 Å². The van der Waals surface area contributed by atoms with Gasteiger partial charge in [0, 0.05) is 24.3 Å². The fourth-order valence-electron chi connectivity index (χ4n) is 3.17. The van der Waals surface area contributed by atoms with Crippen LogP contribution in [0.15, 0.2) is 12.4 Å². The molecule has 1 fully saturated rings. The van der Waals surface area contributed by atoms with Crippen molar-refractivity contribution in [2.45, 2.75) is 45.7 Å². The Balaban J connectivity index is 2.06. The first kappa shape index (κ1) is 14.5. The molecule has 0 aromatic carbocycles. The van der Waals surface area contributed by atoms with Crippen LogP contribution in [0.3, 0.4) is 0 Å². The predicted molar refractivity (Wildman–Crippen MR) is 79.2 cm³/mol. The lowest BCUT2D eigenvalue weighted by molar-refractivity contribution is 0.119. The molecule has 2 unspecified atom stereocenters. The van der Waals surface area contributed by atoms with Gasteiger partial charge in [0.25, 0.3) is 0 Å². The van der Waals surface area contributed by atoms with Gasteiger partial charge in [-0.2, -0.15) is 5.10 Å². The van der Waals surface area contributed by atoms with E-state index in [9.17, 15) is 0 Å². The van der Waals surface area contributed by atoms with Crippen LogP contribution in [-0.4, -0.2) is 41.4 Å². The van der Waals surface area contributed by atoms with Gasteiger partial charge in [0.2, 0.25) is 0 Å². The number of aromatic nitrogens is 2. The van der Waals surface area contributed by atoms with Crippen LogP contribution in [0.1, 0.15) is 44.7 Å². The van der Waals surface area contributed by atoms with Gasteiger partial charge >= 0.3 is 0 Å². The lowest BCUT2D eigenvalue weighted by atomic mass is 9.86. The minimum Gasteiger partial charge on any atom is -0.316 e. The summed E-state index contributed by atoms with van der Waals surface area (Å²) in [5, 5.41) is 8.04. The summed E-state index contributed by atoms with van der Waals surface area (Å²) < 4.78 is 2.04. The van der Waals surface area contributed by atoms with E-state index in [0.29, 0.717) is 12.0 Å². The SMILES string of the molecule is CCCNCC1CCCN(C)C1c1cnn(CC)c1. The maximum Gasteiger partial charge on any atom is 0.0537 e. The molecule has 0 radical (unpaired) electrons. The number of aryl methyl sites for hydroxylation is 1. The molecule has 0 bridgehead atoms. The molecule has 4 nitrogen and oxygen atoms in total. The van der Waals surface area contributed by atoms with Gasteiger partial charge in [-0.3, -0.25) is 9.58 Å². The Morgan fingerprint density at radius 3 is 2.95 bits per heavy atom. The fourth-order valence-corrected chi connectivity index (χ4v) is 3.17. The third kappa shape index (κ3) is 3.57. The van der Waals surface area contributed by atoms with Crippen molar-refractivity contribution in [1.82, 2.24) is 20.0 Å². The van der Waals surface area contributed by atoms with E-state index in [2.05, 4.69) is 48.6 Å². The predicted octanol–water partition coefficient (Wildman–Crippen LogP) is 2.29. The summed E-state index contributed by atoms with van der Waals surface area (Å²) in [6.45, 7) is 8.77. The molecule has 4 heteroatoms. The zero-order chi connectivity index (χ0) is 13.7. The largest absolute Gasteiger partial charge is 0.316 e. The van der Waals surface area contributed by atoms with Crippen LogP contribution in [-0.2, 0) is 6.54 Å². The van der Waals surface area contributed by atoms with E-state index in [0.717, 1.165) is 19.6 Å². The molecule has 0 saturated carbocycles. The van der Waals surface area contributed by atoms with E-state index in [4.69, 9.17) is 0 Å². The van der Waals surface area contributed by atoms with E-state index in [1.54, 1.807) is 0 Å². The molecule has 19 heavy (non-hydrogen) atoms. The summed E-state index contributed by atoms with van der Waals surface area (Å²) in [5.41, 5.74) is 1.38. The van der Waals surface area contributed by atoms with Crippen molar-refractivity contribution in [3.8, 4) is 0 Å². The number of rotatable bonds is 6. The molecule has 108 valence electrons. The minimum absolute atomic E-state index is 0.526. The van der Waals surface area contributed by atoms with Crippen molar-refractivity contribution in [2.24, 2.45) is 5.92 Å². The van der Waals surface area contributed by atoms with Crippen molar-refractivity contribution in [3.63, 3.8) is 0 Å². The Morgan fingerprint density at radius 1 is 1.42 bits per heavy atom. The highest BCUT2D eigenvalue weighted by atomic mass is 15.3. The summed E-state index contributed by atoms with van der Waals surface area (Å²) in [5.74, 6) is 0.708. The molecular weight excluding hydrogens is 236 g/mol. The van der Waals surface area contributed by atoms with Crippen molar-refractivity contribution in [2.75, 3.05) is 26.7 Å². The standard InChI is InChI=1S/C15H28N4/c1-4-8-16-10-13-7-6-9-18(3)15(13)14-11-17-19(5-2)12-14/h11-13,15-16H,4-10H2,1-3H3. The summed E-state index contributed by atoms with van der Waals surface area (Å²) in [4.78, 5) is 2.50. The number of nitrogens with zero attached hydrogens (tertiary/aromatic N) is 3. The van der Waals surface area contributed by atoms with Gasteiger partial charge in [-0.15, -0.1) is 0 Å². The normalized spacial score (nSPS) is 24.8. The van der Waals surface area contributed by atoms with Crippen LogP contribution in [0.25, 0.3) is 0 Å². The molecule has 1 aliphatic rings. The van der Waals surface area contributed by atoms with Crippen molar-refractivity contribution in [3.05, 3.63) is 18.0 Å². The van der Waals surface area contributed by atoms with Crippen LogP contribution in [0.2, 0.25) is 0 Å². The number of nitrogens with one attached hydrogen (secondary N) is 1. The third-order valence-corrected chi connectivity index (χ3v) is 4.16. The molecule has 1 saturated heterocycles. The highest BCUT2D eigenvalue weighted by Gasteiger charge is 2.30. The smallest absolute Gasteiger partial charge is 0.0537 e. The van der Waals surface area contributed by atoms with Gasteiger partial charge in [-0.05, 0) is 58.8 Å². The maximum atomic E-state index is 4.44. The molecule has 1 N–H and O–H groups in total. The average molecular weight is 264 g/mol.